The van der Waals surface area contributed by atoms with Crippen LogP contribution in [0.5, 0.6) is 5.75 Å². The van der Waals surface area contributed by atoms with Crippen molar-refractivity contribution in [2.75, 3.05) is 0 Å². The van der Waals surface area contributed by atoms with Gasteiger partial charge in [0.25, 0.3) is 0 Å². The first-order chi connectivity index (χ1) is 19.1. The van der Waals surface area contributed by atoms with Crippen LogP contribution in [0.3, 0.4) is 0 Å². The van der Waals surface area contributed by atoms with E-state index < -0.39 is 0 Å². The van der Waals surface area contributed by atoms with E-state index in [0.29, 0.717) is 15.2 Å². The van der Waals surface area contributed by atoms with Crippen LogP contribution in [0.25, 0.3) is 0 Å². The van der Waals surface area contributed by atoms with Crippen molar-refractivity contribution in [2.24, 2.45) is 0 Å². The SMILES string of the molecule is CCC(C)(Pc1c(C)cccc1CNCc1ccccc1)c1cc(C)cc(C(C)(C)C)c1OCc1ccccc1. The molecule has 2 atom stereocenters. The number of hydrogen-bond donors (Lipinski definition) is 1. The maximum atomic E-state index is 6.79. The molecule has 0 aliphatic rings. The van der Waals surface area contributed by atoms with Crippen molar-refractivity contribution < 1.29 is 4.74 Å². The van der Waals surface area contributed by atoms with Gasteiger partial charge in [0, 0.05) is 29.4 Å². The van der Waals surface area contributed by atoms with E-state index in [1.165, 1.54) is 44.2 Å². The van der Waals surface area contributed by atoms with Crippen LogP contribution < -0.4 is 15.4 Å². The highest BCUT2D eigenvalue weighted by Crippen LogP contribution is 2.51. The molecule has 0 aromatic heterocycles. The van der Waals surface area contributed by atoms with Gasteiger partial charge in [-0.1, -0.05) is 140 Å². The van der Waals surface area contributed by atoms with E-state index >= 15 is 0 Å². The molecule has 4 aromatic carbocycles. The third kappa shape index (κ3) is 7.42. The molecule has 0 saturated carbocycles. The fourth-order valence-electron chi connectivity index (χ4n) is 5.24. The van der Waals surface area contributed by atoms with Gasteiger partial charge in [-0.25, -0.2) is 0 Å². The Balaban J connectivity index is 1.70. The van der Waals surface area contributed by atoms with Crippen LogP contribution in [0.15, 0.2) is 91.0 Å². The van der Waals surface area contributed by atoms with Gasteiger partial charge >= 0.3 is 0 Å². The quantitative estimate of drug-likeness (QED) is 0.188. The molecule has 2 unspecified atom stereocenters. The molecule has 1 N–H and O–H groups in total. The van der Waals surface area contributed by atoms with E-state index in [-0.39, 0.29) is 10.6 Å². The van der Waals surface area contributed by atoms with Crippen molar-refractivity contribution in [1.82, 2.24) is 5.32 Å². The molecule has 2 nitrogen and oxygen atoms in total. The normalized spacial score (nSPS) is 13.5. The Labute approximate surface area is 244 Å². The Bertz CT molecular complexity index is 1390. The van der Waals surface area contributed by atoms with E-state index in [4.69, 9.17) is 4.74 Å². The van der Waals surface area contributed by atoms with Crippen LogP contribution in [-0.4, -0.2) is 0 Å². The lowest BCUT2D eigenvalue weighted by molar-refractivity contribution is 0.291. The summed E-state index contributed by atoms with van der Waals surface area (Å²) >= 11 is 0. The molecule has 0 bridgehead atoms. The highest BCUT2D eigenvalue weighted by molar-refractivity contribution is 7.48. The van der Waals surface area contributed by atoms with E-state index in [9.17, 15) is 0 Å². The smallest absolute Gasteiger partial charge is 0.127 e. The van der Waals surface area contributed by atoms with Crippen LogP contribution in [0, 0.1) is 13.8 Å². The summed E-state index contributed by atoms with van der Waals surface area (Å²) in [5.74, 6) is 1.07. The summed E-state index contributed by atoms with van der Waals surface area (Å²) in [5.41, 5.74) is 9.16. The Hall–Kier alpha value is -2.93. The zero-order valence-corrected chi connectivity index (χ0v) is 26.4. The molecule has 4 aromatic rings. The minimum atomic E-state index is -0.0572. The van der Waals surface area contributed by atoms with Gasteiger partial charge in [0.15, 0.2) is 0 Å². The van der Waals surface area contributed by atoms with Gasteiger partial charge in [-0.3, -0.25) is 0 Å². The predicted octanol–water partition coefficient (Wildman–Crippen LogP) is 9.10. The molecule has 0 spiro atoms. The molecule has 0 fully saturated rings. The van der Waals surface area contributed by atoms with Crippen molar-refractivity contribution in [2.45, 2.75) is 85.2 Å². The molecule has 0 radical (unpaired) electrons. The first-order valence-corrected chi connectivity index (χ1v) is 15.5. The predicted molar refractivity (Wildman–Crippen MR) is 174 cm³/mol. The number of aryl methyl sites for hydroxylation is 2. The minimum Gasteiger partial charge on any atom is -0.488 e. The lowest BCUT2D eigenvalue weighted by Crippen LogP contribution is -2.26. The van der Waals surface area contributed by atoms with Crippen molar-refractivity contribution in [1.29, 1.82) is 0 Å². The van der Waals surface area contributed by atoms with Gasteiger partial charge in [0.05, 0.1) is 0 Å². The second-order valence-corrected chi connectivity index (χ2v) is 14.1. The second kappa shape index (κ2) is 13.2. The zero-order valence-electron chi connectivity index (χ0n) is 25.4. The first-order valence-electron chi connectivity index (χ1n) is 14.5. The van der Waals surface area contributed by atoms with Crippen molar-refractivity contribution in [3.8, 4) is 5.75 Å². The molecule has 3 heteroatoms. The molecule has 0 aliphatic heterocycles. The minimum absolute atomic E-state index is 0.0280. The molecular formula is C37H46NOP. The summed E-state index contributed by atoms with van der Waals surface area (Å²) in [6.07, 6.45) is 1.03. The lowest BCUT2D eigenvalue weighted by Gasteiger charge is -2.35. The Morgan fingerprint density at radius 3 is 1.98 bits per heavy atom. The lowest BCUT2D eigenvalue weighted by atomic mass is 9.81. The zero-order chi connectivity index (χ0) is 28.8. The molecule has 210 valence electrons. The largest absolute Gasteiger partial charge is 0.488 e. The standard InChI is InChI=1S/C37H46NOP/c1-8-37(7,40-35-28(3)16-15-21-31(35)25-38-24-29-17-11-9-12-18-29)33-23-27(2)22-32(36(4,5)6)34(33)39-26-30-19-13-10-14-20-30/h9-23,38,40H,8,24-26H2,1-7H3. The Kier molecular flexibility index (Phi) is 9.88. The summed E-state index contributed by atoms with van der Waals surface area (Å²) in [5, 5.41) is 5.11. The molecule has 0 amide bonds. The number of benzene rings is 4. The van der Waals surface area contributed by atoms with E-state index in [0.717, 1.165) is 25.3 Å². The van der Waals surface area contributed by atoms with Gasteiger partial charge in [-0.05, 0) is 53.2 Å². The summed E-state index contributed by atoms with van der Waals surface area (Å²) in [7, 11) is 0.625. The maximum absolute atomic E-state index is 6.79. The van der Waals surface area contributed by atoms with Crippen LogP contribution in [-0.2, 0) is 30.3 Å². The third-order valence-electron chi connectivity index (χ3n) is 7.82. The average molecular weight is 552 g/mol. The monoisotopic (exact) mass is 551 g/mol. The van der Waals surface area contributed by atoms with Crippen LogP contribution in [0.2, 0.25) is 0 Å². The molecule has 0 saturated heterocycles. The average Bonchev–Trinajstić information content (AvgIpc) is 2.94. The number of hydrogen-bond acceptors (Lipinski definition) is 2. The highest BCUT2D eigenvalue weighted by Gasteiger charge is 2.33. The topological polar surface area (TPSA) is 21.3 Å². The molecule has 40 heavy (non-hydrogen) atoms. The fourth-order valence-corrected chi connectivity index (χ4v) is 6.90. The van der Waals surface area contributed by atoms with Gasteiger partial charge in [-0.2, -0.15) is 0 Å². The van der Waals surface area contributed by atoms with E-state index in [1.54, 1.807) is 0 Å². The maximum Gasteiger partial charge on any atom is 0.127 e. The van der Waals surface area contributed by atoms with Gasteiger partial charge in [-0.15, -0.1) is 0 Å². The van der Waals surface area contributed by atoms with Crippen molar-refractivity contribution >= 4 is 13.9 Å². The van der Waals surface area contributed by atoms with Crippen LogP contribution >= 0.6 is 8.58 Å². The summed E-state index contributed by atoms with van der Waals surface area (Å²) in [6, 6.07) is 32.7. The Morgan fingerprint density at radius 2 is 1.35 bits per heavy atom. The van der Waals surface area contributed by atoms with Gasteiger partial charge < -0.3 is 10.1 Å². The van der Waals surface area contributed by atoms with Gasteiger partial charge in [0.2, 0.25) is 0 Å². The third-order valence-corrected chi connectivity index (χ3v) is 9.96. The summed E-state index contributed by atoms with van der Waals surface area (Å²) in [4.78, 5) is 0. The van der Waals surface area contributed by atoms with E-state index in [2.05, 4.69) is 145 Å². The summed E-state index contributed by atoms with van der Waals surface area (Å²) in [6.45, 7) is 18.5. The summed E-state index contributed by atoms with van der Waals surface area (Å²) < 4.78 is 6.79. The van der Waals surface area contributed by atoms with Crippen LogP contribution in [0.4, 0.5) is 0 Å². The number of nitrogens with one attached hydrogen (secondary N) is 1. The van der Waals surface area contributed by atoms with E-state index in [1.807, 2.05) is 0 Å². The van der Waals surface area contributed by atoms with Gasteiger partial charge in [0.1, 0.15) is 12.4 Å². The molecule has 0 aliphatic carbocycles. The molecule has 4 rings (SSSR count). The van der Waals surface area contributed by atoms with Crippen molar-refractivity contribution in [3.63, 3.8) is 0 Å². The number of rotatable bonds is 11. The Morgan fingerprint density at radius 1 is 0.725 bits per heavy atom. The fraction of sp³-hybridized carbons (Fsp3) is 0.351. The molecule has 0 heterocycles. The second-order valence-electron chi connectivity index (χ2n) is 12.2. The highest BCUT2D eigenvalue weighted by atomic mass is 31.1. The number of ether oxygens (including phenoxy) is 1. The van der Waals surface area contributed by atoms with Crippen LogP contribution in [0.1, 0.15) is 80.0 Å². The molecular weight excluding hydrogens is 505 g/mol. The first kappa shape index (κ1) is 30.0. The van der Waals surface area contributed by atoms with Crippen molar-refractivity contribution in [3.05, 3.63) is 130 Å².